The average molecular weight is 324 g/mol. The molecule has 0 bridgehead atoms. The Morgan fingerprint density at radius 2 is 1.64 bits per heavy atom. The number of imidazole rings is 1. The summed E-state index contributed by atoms with van der Waals surface area (Å²) in [6, 6.07) is 15.9. The number of rotatable bonds is 2. The predicted octanol–water partition coefficient (Wildman–Crippen LogP) is 2.25. The van der Waals surface area contributed by atoms with Gasteiger partial charge in [-0.2, -0.15) is 10.5 Å². The first-order chi connectivity index (χ1) is 12.2. The van der Waals surface area contributed by atoms with Gasteiger partial charge in [0, 0.05) is 17.3 Å². The van der Waals surface area contributed by atoms with E-state index < -0.39 is 0 Å². The first-order valence-corrected chi connectivity index (χ1v) is 7.31. The van der Waals surface area contributed by atoms with Crippen LogP contribution in [-0.4, -0.2) is 25.1 Å². The molecule has 0 radical (unpaired) electrons. The SMILES string of the molecule is N#Cc1nc2nc3cc(C(=O)c4ccccc4)ccn3c2nc1C#N. The maximum Gasteiger partial charge on any atom is 0.199 e. The van der Waals surface area contributed by atoms with Gasteiger partial charge in [-0.3, -0.25) is 9.20 Å². The number of nitrogens with zero attached hydrogens (tertiary/aromatic N) is 6. The van der Waals surface area contributed by atoms with E-state index in [1.54, 1.807) is 47.0 Å². The summed E-state index contributed by atoms with van der Waals surface area (Å²) in [5.74, 6) is -0.119. The van der Waals surface area contributed by atoms with Gasteiger partial charge in [-0.15, -0.1) is 0 Å². The molecule has 116 valence electrons. The zero-order valence-electron chi connectivity index (χ0n) is 12.7. The van der Waals surface area contributed by atoms with Crippen LogP contribution in [0.1, 0.15) is 27.3 Å². The fourth-order valence-corrected chi connectivity index (χ4v) is 2.57. The van der Waals surface area contributed by atoms with Gasteiger partial charge in [0.15, 0.2) is 28.5 Å². The third-order valence-electron chi connectivity index (χ3n) is 3.75. The van der Waals surface area contributed by atoms with Gasteiger partial charge < -0.3 is 0 Å². The van der Waals surface area contributed by atoms with Crippen LogP contribution < -0.4 is 0 Å². The highest BCUT2D eigenvalue weighted by atomic mass is 16.1. The summed E-state index contributed by atoms with van der Waals surface area (Å²) in [6.45, 7) is 0. The van der Waals surface area contributed by atoms with Crippen LogP contribution in [0.25, 0.3) is 16.9 Å². The molecule has 7 nitrogen and oxygen atoms in total. The smallest absolute Gasteiger partial charge is 0.199 e. The second kappa shape index (κ2) is 5.52. The molecule has 0 aliphatic heterocycles. The molecule has 0 amide bonds. The van der Waals surface area contributed by atoms with Crippen LogP contribution in [0, 0.1) is 22.7 Å². The highest BCUT2D eigenvalue weighted by Gasteiger charge is 2.15. The standard InChI is InChI=1S/C18H8N6O/c19-9-13-14(10-20)22-18-17(21-13)23-15-8-12(6-7-24(15)18)16(25)11-4-2-1-3-5-11/h1-8H. The van der Waals surface area contributed by atoms with Crippen LogP contribution in [0.15, 0.2) is 48.7 Å². The van der Waals surface area contributed by atoms with E-state index in [0.717, 1.165) is 0 Å². The molecule has 0 fully saturated rings. The van der Waals surface area contributed by atoms with Crippen molar-refractivity contribution in [2.24, 2.45) is 0 Å². The van der Waals surface area contributed by atoms with Gasteiger partial charge in [0.1, 0.15) is 17.8 Å². The number of nitriles is 2. The molecule has 25 heavy (non-hydrogen) atoms. The fourth-order valence-electron chi connectivity index (χ4n) is 2.57. The number of pyridine rings is 1. The average Bonchev–Trinajstić information content (AvgIpc) is 3.03. The number of benzene rings is 1. The van der Waals surface area contributed by atoms with E-state index in [9.17, 15) is 4.79 Å². The Labute approximate surface area is 141 Å². The summed E-state index contributed by atoms with van der Waals surface area (Å²) in [6.07, 6.45) is 1.66. The molecule has 0 saturated carbocycles. The Bertz CT molecular complexity index is 1230. The molecule has 7 heteroatoms. The predicted molar refractivity (Wildman–Crippen MR) is 87.6 cm³/mol. The number of carbonyl (C=O) groups excluding carboxylic acids is 1. The van der Waals surface area contributed by atoms with Crippen molar-refractivity contribution < 1.29 is 4.79 Å². The Kier molecular flexibility index (Phi) is 3.20. The number of hydrogen-bond donors (Lipinski definition) is 0. The monoisotopic (exact) mass is 324 g/mol. The van der Waals surface area contributed by atoms with Crippen molar-refractivity contribution in [2.45, 2.75) is 0 Å². The van der Waals surface area contributed by atoms with Crippen molar-refractivity contribution in [1.29, 1.82) is 10.5 Å². The molecule has 0 aliphatic carbocycles. The number of hydrogen-bond acceptors (Lipinski definition) is 6. The van der Waals surface area contributed by atoms with E-state index in [-0.39, 0.29) is 22.8 Å². The lowest BCUT2D eigenvalue weighted by atomic mass is 10.0. The third kappa shape index (κ3) is 2.28. The Morgan fingerprint density at radius 1 is 0.920 bits per heavy atom. The number of aromatic nitrogens is 4. The van der Waals surface area contributed by atoms with E-state index in [1.165, 1.54) is 0 Å². The van der Waals surface area contributed by atoms with Crippen molar-refractivity contribution in [1.82, 2.24) is 19.4 Å². The number of ketones is 1. The van der Waals surface area contributed by atoms with Crippen molar-refractivity contribution in [3.63, 3.8) is 0 Å². The lowest BCUT2D eigenvalue weighted by Gasteiger charge is -2.02. The number of carbonyl (C=O) groups is 1. The zero-order valence-corrected chi connectivity index (χ0v) is 12.7. The lowest BCUT2D eigenvalue weighted by Crippen LogP contribution is -2.02. The normalized spacial score (nSPS) is 10.5. The highest BCUT2D eigenvalue weighted by molar-refractivity contribution is 6.09. The van der Waals surface area contributed by atoms with E-state index in [1.807, 2.05) is 18.2 Å². The van der Waals surface area contributed by atoms with Crippen molar-refractivity contribution >= 4 is 22.7 Å². The molecule has 0 spiro atoms. The summed E-state index contributed by atoms with van der Waals surface area (Å²) in [7, 11) is 0. The van der Waals surface area contributed by atoms with Crippen LogP contribution in [0.2, 0.25) is 0 Å². The topological polar surface area (TPSA) is 108 Å². The molecule has 4 aromatic rings. The summed E-state index contributed by atoms with van der Waals surface area (Å²) in [4.78, 5) is 25.1. The molecular weight excluding hydrogens is 316 g/mol. The molecule has 4 rings (SSSR count). The van der Waals surface area contributed by atoms with Gasteiger partial charge in [-0.25, -0.2) is 15.0 Å². The summed E-state index contributed by atoms with van der Waals surface area (Å²) in [5.41, 5.74) is 2.02. The number of fused-ring (bicyclic) bond motifs is 3. The van der Waals surface area contributed by atoms with Gasteiger partial charge in [-0.1, -0.05) is 30.3 Å². The maximum absolute atomic E-state index is 12.6. The molecule has 1 aromatic carbocycles. The first-order valence-electron chi connectivity index (χ1n) is 7.31. The molecule has 0 N–H and O–H groups in total. The van der Waals surface area contributed by atoms with E-state index in [0.29, 0.717) is 22.4 Å². The molecular formula is C18H8N6O. The van der Waals surface area contributed by atoms with Crippen LogP contribution in [0.5, 0.6) is 0 Å². The Balaban J connectivity index is 1.90. The quantitative estimate of drug-likeness (QED) is 0.523. The lowest BCUT2D eigenvalue weighted by molar-refractivity contribution is 0.103. The van der Waals surface area contributed by atoms with Crippen LogP contribution in [0.3, 0.4) is 0 Å². The van der Waals surface area contributed by atoms with Crippen LogP contribution in [-0.2, 0) is 0 Å². The third-order valence-corrected chi connectivity index (χ3v) is 3.75. The largest absolute Gasteiger partial charge is 0.289 e. The minimum Gasteiger partial charge on any atom is -0.289 e. The summed E-state index contributed by atoms with van der Waals surface area (Å²) < 4.78 is 1.63. The summed E-state index contributed by atoms with van der Waals surface area (Å²) >= 11 is 0. The maximum atomic E-state index is 12.6. The molecule has 0 aliphatic rings. The van der Waals surface area contributed by atoms with Gasteiger partial charge in [0.05, 0.1) is 0 Å². The minimum atomic E-state index is -0.119. The van der Waals surface area contributed by atoms with Crippen molar-refractivity contribution in [3.8, 4) is 12.1 Å². The second-order valence-corrected chi connectivity index (χ2v) is 5.24. The van der Waals surface area contributed by atoms with E-state index >= 15 is 0 Å². The first kappa shape index (κ1) is 14.5. The van der Waals surface area contributed by atoms with Crippen LogP contribution in [0.4, 0.5) is 0 Å². The minimum absolute atomic E-state index is 0.0544. The highest BCUT2D eigenvalue weighted by Crippen LogP contribution is 2.18. The van der Waals surface area contributed by atoms with E-state index in [2.05, 4.69) is 15.0 Å². The molecule has 3 heterocycles. The summed E-state index contributed by atoms with van der Waals surface area (Å²) in [5, 5.41) is 18.1. The Morgan fingerprint density at radius 3 is 2.36 bits per heavy atom. The second-order valence-electron chi connectivity index (χ2n) is 5.24. The zero-order chi connectivity index (χ0) is 17.4. The molecule has 3 aromatic heterocycles. The Hall–Kier alpha value is -4.10. The van der Waals surface area contributed by atoms with E-state index in [4.69, 9.17) is 10.5 Å². The van der Waals surface area contributed by atoms with Gasteiger partial charge >= 0.3 is 0 Å². The molecule has 0 saturated heterocycles. The molecule has 0 atom stereocenters. The van der Waals surface area contributed by atoms with Gasteiger partial charge in [0.25, 0.3) is 0 Å². The van der Waals surface area contributed by atoms with Crippen molar-refractivity contribution in [3.05, 3.63) is 71.2 Å². The van der Waals surface area contributed by atoms with Gasteiger partial charge in [0.2, 0.25) is 0 Å². The van der Waals surface area contributed by atoms with Gasteiger partial charge in [-0.05, 0) is 12.1 Å². The fraction of sp³-hybridized carbons (Fsp3) is 0. The van der Waals surface area contributed by atoms with Crippen LogP contribution >= 0.6 is 0 Å². The van der Waals surface area contributed by atoms with Crippen molar-refractivity contribution in [2.75, 3.05) is 0 Å². The molecule has 0 unspecified atom stereocenters.